The summed E-state index contributed by atoms with van der Waals surface area (Å²) in [7, 11) is 0. The Labute approximate surface area is 104 Å². The van der Waals surface area contributed by atoms with Gasteiger partial charge >= 0.3 is 0 Å². The van der Waals surface area contributed by atoms with Crippen LogP contribution in [0.5, 0.6) is 11.5 Å². The van der Waals surface area contributed by atoms with Crippen LogP contribution in [0.15, 0.2) is 17.2 Å². The maximum Gasteiger partial charge on any atom is 0.240 e. The Bertz CT molecular complexity index is 526. The second-order valence-electron chi connectivity index (χ2n) is 4.30. The number of hydrazone groups is 1. The van der Waals surface area contributed by atoms with Crippen LogP contribution in [0.2, 0.25) is 0 Å². The Hall–Kier alpha value is -2.08. The van der Waals surface area contributed by atoms with Gasteiger partial charge in [0.05, 0.1) is 5.71 Å². The minimum atomic E-state index is -0.149. The maximum absolute atomic E-state index is 11.2. The van der Waals surface area contributed by atoms with E-state index in [1.807, 2.05) is 6.92 Å². The molecule has 0 aromatic heterocycles. The number of hydrogen-bond acceptors (Lipinski definition) is 5. The Morgan fingerprint density at radius 2 is 2.22 bits per heavy atom. The third-order valence-corrected chi connectivity index (χ3v) is 3.00. The number of aromatic hydroxyl groups is 2. The molecule has 1 unspecified atom stereocenters. The van der Waals surface area contributed by atoms with Crippen molar-refractivity contribution >= 4 is 11.6 Å². The van der Waals surface area contributed by atoms with E-state index in [0.717, 1.165) is 0 Å². The molecule has 1 heterocycles. The Morgan fingerprint density at radius 3 is 2.83 bits per heavy atom. The van der Waals surface area contributed by atoms with Crippen molar-refractivity contribution in [1.82, 2.24) is 5.43 Å². The van der Waals surface area contributed by atoms with Crippen molar-refractivity contribution < 1.29 is 15.0 Å². The topological polar surface area (TPSA) is 108 Å². The molecule has 6 heteroatoms. The van der Waals surface area contributed by atoms with E-state index in [1.165, 1.54) is 6.07 Å². The van der Waals surface area contributed by atoms with Gasteiger partial charge in [0.15, 0.2) is 0 Å². The van der Waals surface area contributed by atoms with Crippen LogP contribution >= 0.6 is 0 Å². The van der Waals surface area contributed by atoms with Crippen LogP contribution in [0.1, 0.15) is 24.5 Å². The van der Waals surface area contributed by atoms with Crippen LogP contribution in [-0.2, 0) is 11.3 Å². The zero-order valence-electron chi connectivity index (χ0n) is 9.97. The van der Waals surface area contributed by atoms with Gasteiger partial charge in [0, 0.05) is 30.0 Å². The summed E-state index contributed by atoms with van der Waals surface area (Å²) in [6, 6.07) is 3.03. The first kappa shape index (κ1) is 12.4. The van der Waals surface area contributed by atoms with E-state index in [2.05, 4.69) is 10.5 Å². The largest absolute Gasteiger partial charge is 0.507 e. The van der Waals surface area contributed by atoms with Gasteiger partial charge in [-0.25, -0.2) is 5.43 Å². The molecule has 0 bridgehead atoms. The van der Waals surface area contributed by atoms with E-state index >= 15 is 0 Å². The minimum Gasteiger partial charge on any atom is -0.507 e. The van der Waals surface area contributed by atoms with Crippen LogP contribution in [-0.4, -0.2) is 21.8 Å². The fraction of sp³-hybridized carbons (Fsp3) is 0.333. The maximum atomic E-state index is 11.2. The lowest BCUT2D eigenvalue weighted by Crippen LogP contribution is -2.32. The Balaban J connectivity index is 2.49. The summed E-state index contributed by atoms with van der Waals surface area (Å²) in [6.45, 7) is 1.88. The van der Waals surface area contributed by atoms with Crippen LogP contribution in [0.4, 0.5) is 0 Å². The molecule has 0 radical (unpaired) electrons. The predicted molar refractivity (Wildman–Crippen MR) is 66.1 cm³/mol. The molecule has 5 N–H and O–H groups in total. The Kier molecular flexibility index (Phi) is 3.20. The number of carbonyl (C=O) groups excluding carboxylic acids is 1. The highest BCUT2D eigenvalue weighted by Crippen LogP contribution is 2.32. The molecule has 0 fully saturated rings. The van der Waals surface area contributed by atoms with Crippen molar-refractivity contribution in [3.8, 4) is 11.5 Å². The first-order valence-corrected chi connectivity index (χ1v) is 5.65. The number of phenolic OH excluding ortho intramolecular Hbond substituents is 2. The van der Waals surface area contributed by atoms with Gasteiger partial charge in [-0.3, -0.25) is 4.79 Å². The van der Waals surface area contributed by atoms with Crippen molar-refractivity contribution in [3.63, 3.8) is 0 Å². The van der Waals surface area contributed by atoms with E-state index in [4.69, 9.17) is 5.73 Å². The number of rotatable bonds is 2. The molecular formula is C12H15N3O3. The highest BCUT2D eigenvalue weighted by Gasteiger charge is 2.25. The number of hydrogen-bond donors (Lipinski definition) is 4. The van der Waals surface area contributed by atoms with Crippen molar-refractivity contribution in [1.29, 1.82) is 0 Å². The molecule has 0 aliphatic carbocycles. The quantitative estimate of drug-likeness (QED) is 0.609. The number of benzene rings is 1. The van der Waals surface area contributed by atoms with E-state index in [-0.39, 0.29) is 35.4 Å². The van der Waals surface area contributed by atoms with E-state index in [9.17, 15) is 15.0 Å². The van der Waals surface area contributed by atoms with Gasteiger partial charge in [-0.1, -0.05) is 6.92 Å². The molecule has 1 amide bonds. The van der Waals surface area contributed by atoms with Crippen molar-refractivity contribution in [3.05, 3.63) is 23.3 Å². The van der Waals surface area contributed by atoms with Crippen LogP contribution in [0.3, 0.4) is 0 Å². The monoisotopic (exact) mass is 249 g/mol. The fourth-order valence-electron chi connectivity index (χ4n) is 2.01. The summed E-state index contributed by atoms with van der Waals surface area (Å²) < 4.78 is 0. The second-order valence-corrected chi connectivity index (χ2v) is 4.30. The molecule has 6 nitrogen and oxygen atoms in total. The van der Waals surface area contributed by atoms with Crippen LogP contribution in [0.25, 0.3) is 0 Å². The first-order chi connectivity index (χ1) is 8.54. The third kappa shape index (κ3) is 2.02. The predicted octanol–water partition coefficient (Wildman–Crippen LogP) is 0.417. The van der Waals surface area contributed by atoms with Crippen LogP contribution in [0, 0.1) is 5.92 Å². The number of phenols is 2. The summed E-state index contributed by atoms with van der Waals surface area (Å²) in [5.74, 6) is -0.380. The Morgan fingerprint density at radius 1 is 1.50 bits per heavy atom. The van der Waals surface area contributed by atoms with E-state index in [1.54, 1.807) is 6.07 Å². The number of nitrogens with one attached hydrogen (secondary N) is 1. The SMILES string of the molecule is CC1CC(=O)NN=C1c1ccc(O)c(CN)c1O. The zero-order valence-corrected chi connectivity index (χ0v) is 9.97. The smallest absolute Gasteiger partial charge is 0.240 e. The van der Waals surface area contributed by atoms with Gasteiger partial charge in [-0.2, -0.15) is 5.10 Å². The standard InChI is InChI=1S/C12H15N3O3/c1-6-4-10(17)14-15-11(6)7-2-3-9(16)8(5-13)12(7)18/h2-3,6,16,18H,4-5,13H2,1H3,(H,14,17). The van der Waals surface area contributed by atoms with E-state index in [0.29, 0.717) is 17.7 Å². The molecule has 1 atom stereocenters. The normalized spacial score (nSPS) is 19.3. The molecule has 1 aromatic carbocycles. The summed E-state index contributed by atoms with van der Waals surface area (Å²) >= 11 is 0. The molecule has 0 saturated heterocycles. The second kappa shape index (κ2) is 4.66. The van der Waals surface area contributed by atoms with Gasteiger partial charge in [0.1, 0.15) is 11.5 Å². The molecule has 18 heavy (non-hydrogen) atoms. The summed E-state index contributed by atoms with van der Waals surface area (Å²) in [5, 5.41) is 23.6. The number of nitrogens with zero attached hydrogens (tertiary/aromatic N) is 1. The molecular weight excluding hydrogens is 234 g/mol. The summed E-state index contributed by atoms with van der Waals surface area (Å²) in [5.41, 5.74) is 9.21. The highest BCUT2D eigenvalue weighted by atomic mass is 16.3. The molecule has 2 rings (SSSR count). The fourth-order valence-corrected chi connectivity index (χ4v) is 2.01. The zero-order chi connectivity index (χ0) is 13.3. The number of carbonyl (C=O) groups is 1. The average Bonchev–Trinajstić information content (AvgIpc) is 2.31. The van der Waals surface area contributed by atoms with Gasteiger partial charge in [-0.15, -0.1) is 0 Å². The van der Waals surface area contributed by atoms with Gasteiger partial charge in [0.2, 0.25) is 5.91 Å². The lowest BCUT2D eigenvalue weighted by Gasteiger charge is -2.20. The van der Waals surface area contributed by atoms with Crippen molar-refractivity contribution in [2.75, 3.05) is 0 Å². The van der Waals surface area contributed by atoms with Gasteiger partial charge in [-0.05, 0) is 12.1 Å². The van der Waals surface area contributed by atoms with E-state index < -0.39 is 0 Å². The number of nitrogens with two attached hydrogens (primary N) is 1. The molecule has 96 valence electrons. The van der Waals surface area contributed by atoms with Crippen molar-refractivity contribution in [2.24, 2.45) is 16.8 Å². The molecule has 1 aliphatic rings. The molecule has 1 aromatic rings. The highest BCUT2D eigenvalue weighted by molar-refractivity contribution is 6.07. The van der Waals surface area contributed by atoms with Gasteiger partial charge in [0.25, 0.3) is 0 Å². The third-order valence-electron chi connectivity index (χ3n) is 3.00. The van der Waals surface area contributed by atoms with Gasteiger partial charge < -0.3 is 15.9 Å². The summed E-state index contributed by atoms with van der Waals surface area (Å²) in [6.07, 6.45) is 0.317. The molecule has 0 spiro atoms. The lowest BCUT2D eigenvalue weighted by molar-refractivity contribution is -0.121. The minimum absolute atomic E-state index is 0.0273. The molecule has 0 saturated carbocycles. The average molecular weight is 249 g/mol. The number of amides is 1. The van der Waals surface area contributed by atoms with Crippen molar-refractivity contribution in [2.45, 2.75) is 19.9 Å². The lowest BCUT2D eigenvalue weighted by atomic mass is 9.92. The van der Waals surface area contributed by atoms with Crippen LogP contribution < -0.4 is 11.2 Å². The summed E-state index contributed by atoms with van der Waals surface area (Å²) in [4.78, 5) is 11.2. The first-order valence-electron chi connectivity index (χ1n) is 5.65. The molecule has 1 aliphatic heterocycles.